The molecular formula is C24H22F2N8O2. The van der Waals surface area contributed by atoms with E-state index in [0.717, 1.165) is 12.5 Å². The molecular weight excluding hydrogens is 470 g/mol. The fraction of sp³-hybridized carbons (Fsp3) is 0.250. The van der Waals surface area contributed by atoms with Crippen molar-refractivity contribution in [3.63, 3.8) is 0 Å². The number of nitrogens with one attached hydrogen (secondary N) is 2. The summed E-state index contributed by atoms with van der Waals surface area (Å²) in [6, 6.07) is 6.70. The van der Waals surface area contributed by atoms with Crippen molar-refractivity contribution in [2.45, 2.75) is 25.8 Å². The van der Waals surface area contributed by atoms with Gasteiger partial charge in [-0.3, -0.25) is 14.9 Å². The molecule has 0 saturated carbocycles. The van der Waals surface area contributed by atoms with E-state index >= 15 is 0 Å². The lowest BCUT2D eigenvalue weighted by atomic mass is 10.2. The third kappa shape index (κ3) is 5.11. The Hall–Kier alpha value is -4.48. The summed E-state index contributed by atoms with van der Waals surface area (Å²) in [5.74, 6) is -1.32. The molecule has 36 heavy (non-hydrogen) atoms. The third-order valence-corrected chi connectivity index (χ3v) is 5.79. The number of benzene rings is 1. The molecule has 4 aromatic rings. The molecule has 1 aromatic carbocycles. The number of anilines is 2. The van der Waals surface area contributed by atoms with Crippen molar-refractivity contribution in [1.82, 2.24) is 29.5 Å². The van der Waals surface area contributed by atoms with Crippen LogP contribution < -0.4 is 10.6 Å². The minimum atomic E-state index is -0.686. The predicted molar refractivity (Wildman–Crippen MR) is 127 cm³/mol. The Morgan fingerprint density at radius 3 is 2.86 bits per heavy atom. The molecule has 0 radical (unpaired) electrons. The van der Waals surface area contributed by atoms with Crippen LogP contribution in [0.15, 0.2) is 48.9 Å². The molecule has 184 valence electrons. The second kappa shape index (κ2) is 10.0. The van der Waals surface area contributed by atoms with Crippen LogP contribution in [0.4, 0.5) is 20.5 Å². The van der Waals surface area contributed by atoms with Crippen LogP contribution in [0, 0.1) is 11.6 Å². The van der Waals surface area contributed by atoms with Crippen LogP contribution in [0.1, 0.15) is 24.8 Å². The number of carbonyl (C=O) groups is 2. The number of hydrogen-bond acceptors (Lipinski definition) is 7. The minimum Gasteiger partial charge on any atom is -0.366 e. The fourth-order valence-electron chi connectivity index (χ4n) is 3.95. The monoisotopic (exact) mass is 492 g/mol. The molecule has 0 aliphatic carbocycles. The molecule has 10 nitrogen and oxygen atoms in total. The summed E-state index contributed by atoms with van der Waals surface area (Å²) in [7, 11) is 0. The number of aromatic nitrogens is 5. The van der Waals surface area contributed by atoms with Crippen LogP contribution in [-0.4, -0.2) is 54.4 Å². The molecule has 5 rings (SSSR count). The van der Waals surface area contributed by atoms with Crippen LogP contribution in [0.25, 0.3) is 16.9 Å². The van der Waals surface area contributed by atoms with Crippen molar-refractivity contribution >= 4 is 29.2 Å². The smallest absolute Gasteiger partial charge is 0.231 e. The molecule has 1 aliphatic heterocycles. The van der Waals surface area contributed by atoms with E-state index in [1.807, 2.05) is 0 Å². The first-order valence-corrected chi connectivity index (χ1v) is 11.4. The van der Waals surface area contributed by atoms with Crippen molar-refractivity contribution in [2.75, 3.05) is 23.7 Å². The van der Waals surface area contributed by atoms with E-state index in [4.69, 9.17) is 0 Å². The Balaban J connectivity index is 1.39. The van der Waals surface area contributed by atoms with Gasteiger partial charge >= 0.3 is 0 Å². The Bertz CT molecular complexity index is 1440. The highest BCUT2D eigenvalue weighted by Crippen LogP contribution is 2.25. The van der Waals surface area contributed by atoms with Crippen molar-refractivity contribution in [2.24, 2.45) is 0 Å². The van der Waals surface area contributed by atoms with E-state index in [1.54, 1.807) is 40.1 Å². The first-order chi connectivity index (χ1) is 17.5. The lowest BCUT2D eigenvalue weighted by Gasteiger charge is -2.15. The zero-order chi connectivity index (χ0) is 25.1. The molecule has 2 amide bonds. The standard InChI is InChI=1S/C24H22F2N8O2/c25-16-5-4-15(18(26)11-16)13-28-20-12-19(17-14-29-34-9-2-7-27-23(17)34)30-24(31-20)32-21(35)6-10-33-8-1-3-22(33)36/h2,4-5,7,9,11-12,14H,1,3,6,8,10,13H2,(H2,28,30,31,32,35). The first kappa shape index (κ1) is 23.3. The largest absolute Gasteiger partial charge is 0.366 e. The zero-order valence-electron chi connectivity index (χ0n) is 19.1. The minimum absolute atomic E-state index is 0.0278. The number of likely N-dealkylation sites (tertiary alicyclic amines) is 1. The highest BCUT2D eigenvalue weighted by Gasteiger charge is 2.21. The van der Waals surface area contributed by atoms with Gasteiger partial charge in [-0.2, -0.15) is 10.1 Å². The van der Waals surface area contributed by atoms with Crippen LogP contribution >= 0.6 is 0 Å². The van der Waals surface area contributed by atoms with Gasteiger partial charge in [-0.25, -0.2) is 23.3 Å². The molecule has 4 heterocycles. The molecule has 1 aliphatic rings. The number of amides is 2. The Kier molecular flexibility index (Phi) is 6.48. The van der Waals surface area contributed by atoms with Gasteiger partial charge in [-0.15, -0.1) is 0 Å². The van der Waals surface area contributed by atoms with Gasteiger partial charge in [0.1, 0.15) is 17.5 Å². The second-order valence-corrected chi connectivity index (χ2v) is 8.28. The summed E-state index contributed by atoms with van der Waals surface area (Å²) in [6.45, 7) is 0.991. The van der Waals surface area contributed by atoms with Crippen LogP contribution in [0.3, 0.4) is 0 Å². The number of fused-ring (bicyclic) bond motifs is 1. The Morgan fingerprint density at radius 1 is 1.17 bits per heavy atom. The van der Waals surface area contributed by atoms with Crippen molar-refractivity contribution in [3.05, 3.63) is 66.1 Å². The average molecular weight is 492 g/mol. The normalized spacial score (nSPS) is 13.4. The second-order valence-electron chi connectivity index (χ2n) is 8.28. The predicted octanol–water partition coefficient (Wildman–Crippen LogP) is 3.03. The molecule has 3 aromatic heterocycles. The van der Waals surface area contributed by atoms with E-state index in [-0.39, 0.29) is 36.3 Å². The topological polar surface area (TPSA) is 117 Å². The average Bonchev–Trinajstić information content (AvgIpc) is 3.48. The lowest BCUT2D eigenvalue weighted by molar-refractivity contribution is -0.128. The Labute approximate surface area is 204 Å². The van der Waals surface area contributed by atoms with Crippen molar-refractivity contribution in [3.8, 4) is 11.3 Å². The fourth-order valence-corrected chi connectivity index (χ4v) is 3.95. The number of hydrogen-bond donors (Lipinski definition) is 2. The maximum absolute atomic E-state index is 14.1. The van der Waals surface area contributed by atoms with E-state index in [0.29, 0.717) is 42.2 Å². The maximum atomic E-state index is 14.1. The molecule has 1 fully saturated rings. The summed E-state index contributed by atoms with van der Waals surface area (Å²) >= 11 is 0. The van der Waals surface area contributed by atoms with E-state index in [9.17, 15) is 18.4 Å². The summed E-state index contributed by atoms with van der Waals surface area (Å²) < 4.78 is 28.9. The summed E-state index contributed by atoms with van der Waals surface area (Å²) in [4.78, 5) is 39.2. The molecule has 12 heteroatoms. The van der Waals surface area contributed by atoms with Gasteiger partial charge in [0.05, 0.1) is 17.5 Å². The van der Waals surface area contributed by atoms with E-state index < -0.39 is 11.6 Å². The molecule has 0 unspecified atom stereocenters. The van der Waals surface area contributed by atoms with Crippen LogP contribution in [0.2, 0.25) is 0 Å². The number of halogens is 2. The van der Waals surface area contributed by atoms with Gasteiger partial charge in [-0.1, -0.05) is 6.07 Å². The van der Waals surface area contributed by atoms with Gasteiger partial charge in [0.15, 0.2) is 5.65 Å². The highest BCUT2D eigenvalue weighted by atomic mass is 19.1. The van der Waals surface area contributed by atoms with Gasteiger partial charge in [0.2, 0.25) is 17.8 Å². The van der Waals surface area contributed by atoms with Crippen LogP contribution in [-0.2, 0) is 16.1 Å². The van der Waals surface area contributed by atoms with Crippen molar-refractivity contribution < 1.29 is 18.4 Å². The first-order valence-electron chi connectivity index (χ1n) is 11.4. The van der Waals surface area contributed by atoms with Crippen LogP contribution in [0.5, 0.6) is 0 Å². The molecule has 0 atom stereocenters. The Morgan fingerprint density at radius 2 is 2.06 bits per heavy atom. The van der Waals surface area contributed by atoms with Gasteiger partial charge in [0.25, 0.3) is 0 Å². The molecule has 0 bridgehead atoms. The van der Waals surface area contributed by atoms with Gasteiger partial charge in [0, 0.05) is 62.6 Å². The molecule has 0 spiro atoms. The maximum Gasteiger partial charge on any atom is 0.231 e. The molecule has 1 saturated heterocycles. The van der Waals surface area contributed by atoms with E-state index in [1.165, 1.54) is 12.1 Å². The van der Waals surface area contributed by atoms with Crippen molar-refractivity contribution in [1.29, 1.82) is 0 Å². The van der Waals surface area contributed by atoms with Gasteiger partial charge in [-0.05, 0) is 18.6 Å². The summed E-state index contributed by atoms with van der Waals surface area (Å²) in [5.41, 5.74) is 1.84. The number of nitrogens with zero attached hydrogens (tertiary/aromatic N) is 6. The van der Waals surface area contributed by atoms with Gasteiger partial charge < -0.3 is 10.2 Å². The summed E-state index contributed by atoms with van der Waals surface area (Å²) in [5, 5.41) is 9.95. The number of rotatable bonds is 8. The highest BCUT2D eigenvalue weighted by molar-refractivity contribution is 5.90. The SMILES string of the molecule is O=C(CCN1CCCC1=O)Nc1nc(NCc2ccc(F)cc2F)cc(-c2cnn3cccnc23)n1. The third-order valence-electron chi connectivity index (χ3n) is 5.79. The summed E-state index contributed by atoms with van der Waals surface area (Å²) in [6.07, 6.45) is 6.36. The number of carbonyl (C=O) groups excluding carboxylic acids is 2. The quantitative estimate of drug-likeness (QED) is 0.388. The zero-order valence-corrected chi connectivity index (χ0v) is 19.1. The van der Waals surface area contributed by atoms with E-state index in [2.05, 4.69) is 30.7 Å². The molecule has 2 N–H and O–H groups in total. The lowest BCUT2D eigenvalue weighted by Crippen LogP contribution is -2.29.